The highest BCUT2D eigenvalue weighted by Crippen LogP contribution is 2.20. The van der Waals surface area contributed by atoms with Gasteiger partial charge in [0.25, 0.3) is 0 Å². The molecule has 0 radical (unpaired) electrons. The van der Waals surface area contributed by atoms with Gasteiger partial charge in [-0.1, -0.05) is 6.42 Å². The Kier molecular flexibility index (Phi) is 3.16. The average Bonchev–Trinajstić information content (AvgIpc) is 2.90. The third-order valence-corrected chi connectivity index (χ3v) is 3.40. The SMILES string of the molecule is COC(=O)c1ccn2nc(C3CCCCN3)nc2c1. The van der Waals surface area contributed by atoms with Gasteiger partial charge >= 0.3 is 5.97 Å². The normalized spacial score (nSPS) is 19.5. The summed E-state index contributed by atoms with van der Waals surface area (Å²) >= 11 is 0. The van der Waals surface area contributed by atoms with Gasteiger partial charge in [-0.2, -0.15) is 0 Å². The van der Waals surface area contributed by atoms with Gasteiger partial charge in [0.2, 0.25) is 0 Å². The molecule has 100 valence electrons. The third kappa shape index (κ3) is 2.31. The Morgan fingerprint density at radius 1 is 1.53 bits per heavy atom. The molecule has 0 amide bonds. The fourth-order valence-corrected chi connectivity index (χ4v) is 2.36. The summed E-state index contributed by atoms with van der Waals surface area (Å²) in [4.78, 5) is 16.0. The first kappa shape index (κ1) is 12.1. The minimum absolute atomic E-state index is 0.218. The van der Waals surface area contributed by atoms with E-state index in [0.29, 0.717) is 11.2 Å². The zero-order chi connectivity index (χ0) is 13.2. The molecule has 0 aromatic carbocycles. The Morgan fingerprint density at radius 3 is 3.16 bits per heavy atom. The van der Waals surface area contributed by atoms with Crippen molar-refractivity contribution >= 4 is 11.6 Å². The Labute approximate surface area is 110 Å². The lowest BCUT2D eigenvalue weighted by Crippen LogP contribution is -2.27. The van der Waals surface area contributed by atoms with E-state index in [-0.39, 0.29) is 12.0 Å². The number of hydrogen-bond donors (Lipinski definition) is 1. The first-order valence-corrected chi connectivity index (χ1v) is 6.46. The maximum atomic E-state index is 11.5. The minimum atomic E-state index is -0.358. The van der Waals surface area contributed by atoms with Crippen LogP contribution in [0.1, 0.15) is 41.5 Å². The molecule has 0 bridgehead atoms. The number of nitrogens with zero attached hydrogens (tertiary/aromatic N) is 3. The van der Waals surface area contributed by atoms with Gasteiger partial charge in [0.1, 0.15) is 0 Å². The van der Waals surface area contributed by atoms with E-state index in [1.165, 1.54) is 20.0 Å². The summed E-state index contributed by atoms with van der Waals surface area (Å²) in [7, 11) is 1.37. The average molecular weight is 260 g/mol. The van der Waals surface area contributed by atoms with Crippen molar-refractivity contribution in [3.8, 4) is 0 Å². The Bertz CT molecular complexity index is 602. The number of fused-ring (bicyclic) bond motifs is 1. The standard InChI is InChI=1S/C13H16N4O2/c1-19-13(18)9-5-7-17-11(8-9)15-12(16-17)10-4-2-3-6-14-10/h5,7-8,10,14H,2-4,6H2,1H3. The van der Waals surface area contributed by atoms with Crippen LogP contribution in [0.5, 0.6) is 0 Å². The van der Waals surface area contributed by atoms with Crippen LogP contribution in [-0.4, -0.2) is 34.2 Å². The highest BCUT2D eigenvalue weighted by Gasteiger charge is 2.19. The molecule has 2 aromatic rings. The largest absolute Gasteiger partial charge is 0.465 e. The number of esters is 1. The highest BCUT2D eigenvalue weighted by atomic mass is 16.5. The van der Waals surface area contributed by atoms with Crippen LogP contribution in [0.4, 0.5) is 0 Å². The Balaban J connectivity index is 1.93. The number of hydrogen-bond acceptors (Lipinski definition) is 5. The number of piperidine rings is 1. The number of carbonyl (C=O) groups excluding carboxylic acids is 1. The predicted molar refractivity (Wildman–Crippen MR) is 68.9 cm³/mol. The second kappa shape index (κ2) is 4.97. The van der Waals surface area contributed by atoms with Crippen LogP contribution in [-0.2, 0) is 4.74 Å². The van der Waals surface area contributed by atoms with Crippen molar-refractivity contribution in [2.24, 2.45) is 0 Å². The minimum Gasteiger partial charge on any atom is -0.465 e. The van der Waals surface area contributed by atoms with Crippen molar-refractivity contribution in [1.29, 1.82) is 0 Å². The zero-order valence-electron chi connectivity index (χ0n) is 10.8. The highest BCUT2D eigenvalue weighted by molar-refractivity contribution is 5.90. The molecule has 6 heteroatoms. The summed E-state index contributed by atoms with van der Waals surface area (Å²) in [6, 6.07) is 3.60. The van der Waals surface area contributed by atoms with Crippen LogP contribution < -0.4 is 5.32 Å². The smallest absolute Gasteiger partial charge is 0.338 e. The van der Waals surface area contributed by atoms with Crippen LogP contribution in [0, 0.1) is 0 Å². The molecule has 19 heavy (non-hydrogen) atoms. The molecule has 0 spiro atoms. The van der Waals surface area contributed by atoms with E-state index in [1.54, 1.807) is 22.8 Å². The van der Waals surface area contributed by atoms with Crippen molar-refractivity contribution in [2.75, 3.05) is 13.7 Å². The first-order chi connectivity index (χ1) is 9.28. The van der Waals surface area contributed by atoms with Crippen molar-refractivity contribution in [3.63, 3.8) is 0 Å². The summed E-state index contributed by atoms with van der Waals surface area (Å²) in [5, 5.41) is 7.87. The zero-order valence-corrected chi connectivity index (χ0v) is 10.8. The molecule has 6 nitrogen and oxygen atoms in total. The second-order valence-corrected chi connectivity index (χ2v) is 4.68. The summed E-state index contributed by atoms with van der Waals surface area (Å²) in [5.41, 5.74) is 1.16. The van der Waals surface area contributed by atoms with Gasteiger partial charge in [0.15, 0.2) is 11.5 Å². The van der Waals surface area contributed by atoms with Gasteiger partial charge in [-0.05, 0) is 31.5 Å². The van der Waals surface area contributed by atoms with Crippen molar-refractivity contribution < 1.29 is 9.53 Å². The van der Waals surface area contributed by atoms with Gasteiger partial charge in [-0.15, -0.1) is 5.10 Å². The van der Waals surface area contributed by atoms with Crippen LogP contribution in [0.3, 0.4) is 0 Å². The molecule has 3 rings (SSSR count). The number of carbonyl (C=O) groups is 1. The first-order valence-electron chi connectivity index (χ1n) is 6.46. The lowest BCUT2D eigenvalue weighted by Gasteiger charge is -2.20. The molecule has 1 aliphatic heterocycles. The van der Waals surface area contributed by atoms with E-state index in [4.69, 9.17) is 4.74 Å². The maximum Gasteiger partial charge on any atom is 0.338 e. The lowest BCUT2D eigenvalue weighted by atomic mass is 10.0. The van der Waals surface area contributed by atoms with Crippen molar-refractivity contribution in [2.45, 2.75) is 25.3 Å². The van der Waals surface area contributed by atoms with E-state index in [0.717, 1.165) is 18.8 Å². The third-order valence-electron chi connectivity index (χ3n) is 3.40. The molecule has 1 N–H and O–H groups in total. The van der Waals surface area contributed by atoms with Crippen LogP contribution >= 0.6 is 0 Å². The topological polar surface area (TPSA) is 68.5 Å². The van der Waals surface area contributed by atoms with Gasteiger partial charge in [0, 0.05) is 6.20 Å². The fourth-order valence-electron chi connectivity index (χ4n) is 2.36. The Morgan fingerprint density at radius 2 is 2.42 bits per heavy atom. The number of aromatic nitrogens is 3. The van der Waals surface area contributed by atoms with Crippen LogP contribution in [0.25, 0.3) is 5.65 Å². The number of nitrogens with one attached hydrogen (secondary N) is 1. The molecule has 2 aromatic heterocycles. The lowest BCUT2D eigenvalue weighted by molar-refractivity contribution is 0.0600. The number of rotatable bonds is 2. The van der Waals surface area contributed by atoms with Gasteiger partial charge < -0.3 is 10.1 Å². The molecular weight excluding hydrogens is 244 g/mol. The summed E-state index contributed by atoms with van der Waals surface area (Å²) in [6.45, 7) is 1.01. The molecule has 1 unspecified atom stereocenters. The van der Waals surface area contributed by atoms with Crippen LogP contribution in [0.15, 0.2) is 18.3 Å². The van der Waals surface area contributed by atoms with E-state index in [1.807, 2.05) is 0 Å². The van der Waals surface area contributed by atoms with E-state index in [9.17, 15) is 4.79 Å². The van der Waals surface area contributed by atoms with Crippen molar-refractivity contribution in [1.82, 2.24) is 19.9 Å². The van der Waals surface area contributed by atoms with E-state index < -0.39 is 0 Å². The quantitative estimate of drug-likeness (QED) is 0.825. The fraction of sp³-hybridized carbons (Fsp3) is 0.462. The predicted octanol–water partition coefficient (Wildman–Crippen LogP) is 1.33. The van der Waals surface area contributed by atoms with Crippen LogP contribution in [0.2, 0.25) is 0 Å². The monoisotopic (exact) mass is 260 g/mol. The summed E-state index contributed by atoms with van der Waals surface area (Å²) in [6.07, 6.45) is 5.19. The van der Waals surface area contributed by atoms with Gasteiger partial charge in [-0.25, -0.2) is 14.3 Å². The van der Waals surface area contributed by atoms with E-state index in [2.05, 4.69) is 15.4 Å². The molecular formula is C13H16N4O2. The van der Waals surface area contributed by atoms with E-state index >= 15 is 0 Å². The second-order valence-electron chi connectivity index (χ2n) is 4.68. The van der Waals surface area contributed by atoms with Gasteiger partial charge in [-0.3, -0.25) is 0 Å². The molecule has 0 saturated carbocycles. The molecule has 3 heterocycles. The number of methoxy groups -OCH3 is 1. The van der Waals surface area contributed by atoms with Crippen molar-refractivity contribution in [3.05, 3.63) is 29.7 Å². The maximum absolute atomic E-state index is 11.5. The number of pyridine rings is 1. The molecule has 1 fully saturated rings. The van der Waals surface area contributed by atoms with Gasteiger partial charge in [0.05, 0.1) is 18.7 Å². The Hall–Kier alpha value is -1.95. The molecule has 0 aliphatic carbocycles. The summed E-state index contributed by atoms with van der Waals surface area (Å²) < 4.78 is 6.39. The molecule has 1 atom stereocenters. The number of ether oxygens (including phenoxy) is 1. The summed E-state index contributed by atoms with van der Waals surface area (Å²) in [5.74, 6) is 0.435. The molecule has 1 aliphatic rings. The molecule has 1 saturated heterocycles.